The molecule has 5 nitrogen and oxygen atoms in total. The lowest BCUT2D eigenvalue weighted by molar-refractivity contribution is -0.0437. The zero-order chi connectivity index (χ0) is 8.55. The molecule has 1 saturated carbocycles. The number of carbonyl (C=O) groups excluding carboxylic acids is 1. The molecule has 1 saturated heterocycles. The molecule has 1 aliphatic heterocycles. The van der Waals surface area contributed by atoms with Gasteiger partial charge < -0.3 is 20.5 Å². The van der Waals surface area contributed by atoms with Gasteiger partial charge in [-0.25, -0.2) is 4.79 Å². The van der Waals surface area contributed by atoms with Crippen LogP contribution in [0.15, 0.2) is 0 Å². The Morgan fingerprint density at radius 2 is 1.92 bits per heavy atom. The molecule has 0 spiro atoms. The Morgan fingerprint density at radius 3 is 2.42 bits per heavy atom. The molecule has 0 aromatic heterocycles. The van der Waals surface area contributed by atoms with Crippen molar-refractivity contribution >= 4 is 6.03 Å². The molecular weight excluding hydrogens is 160 g/mol. The molecule has 0 aromatic carbocycles. The molecule has 68 valence electrons. The molecule has 2 atom stereocenters. The average molecular weight is 172 g/mol. The summed E-state index contributed by atoms with van der Waals surface area (Å²) in [5.41, 5.74) is 5.00. The third kappa shape index (κ3) is 1.37. The van der Waals surface area contributed by atoms with Crippen LogP contribution in [0.5, 0.6) is 0 Å². The third-order valence-corrected chi connectivity index (χ3v) is 2.43. The molecule has 1 aliphatic carbocycles. The molecule has 2 amide bonds. The van der Waals surface area contributed by atoms with E-state index in [0.29, 0.717) is 31.8 Å². The predicted molar refractivity (Wildman–Crippen MR) is 40.3 cm³/mol. The number of primary amides is 1. The lowest BCUT2D eigenvalue weighted by Gasteiger charge is -2.04. The average Bonchev–Trinajstić information content (AvgIpc) is 2.66. The zero-order valence-corrected chi connectivity index (χ0v) is 6.66. The number of rotatable bonds is 1. The van der Waals surface area contributed by atoms with Crippen LogP contribution >= 0.6 is 0 Å². The Morgan fingerprint density at radius 1 is 1.33 bits per heavy atom. The van der Waals surface area contributed by atoms with Crippen LogP contribution < -0.4 is 11.1 Å². The molecule has 0 radical (unpaired) electrons. The van der Waals surface area contributed by atoms with E-state index in [9.17, 15) is 4.79 Å². The molecule has 0 bridgehead atoms. The molecular formula is C7H12N2O3. The molecule has 2 aliphatic rings. The molecule has 1 heterocycles. The summed E-state index contributed by atoms with van der Waals surface area (Å²) in [5.74, 6) is 0.806. The monoisotopic (exact) mass is 172 g/mol. The fraction of sp³-hybridized carbons (Fsp3) is 0.857. The maximum Gasteiger partial charge on any atom is 0.312 e. The molecule has 12 heavy (non-hydrogen) atoms. The van der Waals surface area contributed by atoms with Gasteiger partial charge in [-0.05, 0) is 0 Å². The minimum atomic E-state index is -0.465. The van der Waals surface area contributed by atoms with Crippen molar-refractivity contribution in [2.75, 3.05) is 20.0 Å². The van der Waals surface area contributed by atoms with Gasteiger partial charge in [-0.15, -0.1) is 0 Å². The molecule has 2 fully saturated rings. The second kappa shape index (κ2) is 2.91. The van der Waals surface area contributed by atoms with E-state index in [1.807, 2.05) is 0 Å². The summed E-state index contributed by atoms with van der Waals surface area (Å²) < 4.78 is 10.3. The summed E-state index contributed by atoms with van der Waals surface area (Å²) in [4.78, 5) is 10.5. The van der Waals surface area contributed by atoms with E-state index in [2.05, 4.69) is 5.32 Å². The van der Waals surface area contributed by atoms with Crippen LogP contribution in [0.25, 0.3) is 0 Å². The van der Waals surface area contributed by atoms with E-state index in [1.54, 1.807) is 0 Å². The number of nitrogens with one attached hydrogen (secondary N) is 1. The van der Waals surface area contributed by atoms with Crippen molar-refractivity contribution in [3.63, 3.8) is 0 Å². The summed E-state index contributed by atoms with van der Waals surface area (Å²) in [7, 11) is 0. The normalized spacial score (nSPS) is 39.5. The van der Waals surface area contributed by atoms with E-state index in [4.69, 9.17) is 15.2 Å². The van der Waals surface area contributed by atoms with Gasteiger partial charge in [0.15, 0.2) is 0 Å². The van der Waals surface area contributed by atoms with E-state index in [-0.39, 0.29) is 6.04 Å². The number of carbonyl (C=O) groups is 1. The summed E-state index contributed by atoms with van der Waals surface area (Å²) in [6, 6.07) is -0.295. The summed E-state index contributed by atoms with van der Waals surface area (Å²) in [6.07, 6.45) is 0. The van der Waals surface area contributed by atoms with Crippen molar-refractivity contribution in [1.82, 2.24) is 5.32 Å². The van der Waals surface area contributed by atoms with Crippen molar-refractivity contribution < 1.29 is 14.3 Å². The number of nitrogens with two attached hydrogens (primary N) is 1. The molecule has 3 N–H and O–H groups in total. The Kier molecular flexibility index (Phi) is 1.90. The summed E-state index contributed by atoms with van der Waals surface area (Å²) in [6.45, 7) is 1.70. The Bertz CT molecular complexity index is 185. The number of hydrogen-bond acceptors (Lipinski definition) is 3. The molecule has 2 rings (SSSR count). The summed E-state index contributed by atoms with van der Waals surface area (Å²) in [5, 5.41) is 2.67. The third-order valence-electron chi connectivity index (χ3n) is 2.43. The molecule has 2 unspecified atom stereocenters. The van der Waals surface area contributed by atoms with E-state index < -0.39 is 6.03 Å². The highest BCUT2D eigenvalue weighted by Crippen LogP contribution is 2.40. The van der Waals surface area contributed by atoms with Gasteiger partial charge in [-0.3, -0.25) is 0 Å². The number of fused-ring (bicyclic) bond motifs is 1. The highest BCUT2D eigenvalue weighted by atomic mass is 16.7. The second-order valence-electron chi connectivity index (χ2n) is 3.22. The Labute approximate surface area is 70.2 Å². The van der Waals surface area contributed by atoms with Gasteiger partial charge in [0.1, 0.15) is 6.79 Å². The maximum absolute atomic E-state index is 10.5. The van der Waals surface area contributed by atoms with Gasteiger partial charge in [0.25, 0.3) is 0 Å². The van der Waals surface area contributed by atoms with Gasteiger partial charge in [-0.1, -0.05) is 0 Å². The minimum Gasteiger partial charge on any atom is -0.355 e. The van der Waals surface area contributed by atoms with Crippen LogP contribution in [0, 0.1) is 11.8 Å². The van der Waals surface area contributed by atoms with Gasteiger partial charge in [-0.2, -0.15) is 0 Å². The fourth-order valence-corrected chi connectivity index (χ4v) is 1.71. The Balaban J connectivity index is 1.85. The van der Waals surface area contributed by atoms with Crippen LogP contribution in [0.3, 0.4) is 0 Å². The van der Waals surface area contributed by atoms with Gasteiger partial charge in [0, 0.05) is 17.9 Å². The lowest BCUT2D eigenvalue weighted by atomic mass is 10.3. The van der Waals surface area contributed by atoms with Crippen molar-refractivity contribution in [1.29, 1.82) is 0 Å². The second-order valence-corrected chi connectivity index (χ2v) is 3.22. The Hall–Kier alpha value is -0.810. The smallest absolute Gasteiger partial charge is 0.312 e. The number of amides is 2. The fourth-order valence-electron chi connectivity index (χ4n) is 1.71. The minimum absolute atomic E-state index is 0.169. The van der Waals surface area contributed by atoms with E-state index >= 15 is 0 Å². The first-order chi connectivity index (χ1) is 5.79. The molecule has 5 heteroatoms. The summed E-state index contributed by atoms with van der Waals surface area (Å²) >= 11 is 0. The van der Waals surface area contributed by atoms with Crippen LogP contribution in [0.2, 0.25) is 0 Å². The topological polar surface area (TPSA) is 73.6 Å². The van der Waals surface area contributed by atoms with Crippen LogP contribution in [0.4, 0.5) is 4.79 Å². The highest BCUT2D eigenvalue weighted by Gasteiger charge is 2.51. The van der Waals surface area contributed by atoms with Crippen molar-refractivity contribution in [3.8, 4) is 0 Å². The SMILES string of the molecule is NC(=O)NC1C2COCOCC21. The molecule has 0 aromatic rings. The largest absolute Gasteiger partial charge is 0.355 e. The first kappa shape index (κ1) is 7.82. The van der Waals surface area contributed by atoms with Crippen molar-refractivity contribution in [3.05, 3.63) is 0 Å². The quantitative estimate of drug-likeness (QED) is 0.548. The number of hydrogen-bond donors (Lipinski definition) is 2. The van der Waals surface area contributed by atoms with Crippen molar-refractivity contribution in [2.24, 2.45) is 17.6 Å². The predicted octanol–water partition coefficient (Wildman–Crippen LogP) is -0.726. The maximum atomic E-state index is 10.5. The number of ether oxygens (including phenoxy) is 2. The standard InChI is InChI=1S/C7H12N2O3/c8-7(10)9-6-4-1-11-3-12-2-5(4)6/h4-6H,1-3H2,(H3,8,9,10). The van der Waals surface area contributed by atoms with Crippen molar-refractivity contribution in [2.45, 2.75) is 6.04 Å². The van der Waals surface area contributed by atoms with Crippen LogP contribution in [-0.2, 0) is 9.47 Å². The van der Waals surface area contributed by atoms with E-state index in [0.717, 1.165) is 0 Å². The van der Waals surface area contributed by atoms with Crippen LogP contribution in [0.1, 0.15) is 0 Å². The van der Waals surface area contributed by atoms with E-state index in [1.165, 1.54) is 0 Å². The highest BCUT2D eigenvalue weighted by molar-refractivity contribution is 5.72. The first-order valence-electron chi connectivity index (χ1n) is 4.00. The lowest BCUT2D eigenvalue weighted by Crippen LogP contribution is -2.33. The van der Waals surface area contributed by atoms with Crippen LogP contribution in [-0.4, -0.2) is 32.1 Å². The van der Waals surface area contributed by atoms with Gasteiger partial charge >= 0.3 is 6.03 Å². The number of urea groups is 1. The van der Waals surface area contributed by atoms with Gasteiger partial charge in [0.2, 0.25) is 0 Å². The van der Waals surface area contributed by atoms with Gasteiger partial charge in [0.05, 0.1) is 13.2 Å². The first-order valence-corrected chi connectivity index (χ1v) is 4.00. The zero-order valence-electron chi connectivity index (χ0n) is 6.66.